The number of nitrogens with one attached hydrogen (secondary N) is 2. The van der Waals surface area contributed by atoms with Gasteiger partial charge in [-0.15, -0.1) is 0 Å². The third kappa shape index (κ3) is 7.82. The normalized spacial score (nSPS) is 15.4. The molecule has 0 saturated heterocycles. The molecule has 2 aromatic rings. The minimum Gasteiger partial charge on any atom is -0.351 e. The van der Waals surface area contributed by atoms with Crippen LogP contribution < -0.4 is 10.6 Å². The Morgan fingerprint density at radius 1 is 0.974 bits per heavy atom. The Hall–Kier alpha value is -2.38. The van der Waals surface area contributed by atoms with Crippen molar-refractivity contribution in [1.29, 1.82) is 0 Å². The van der Waals surface area contributed by atoms with Gasteiger partial charge in [-0.3, -0.25) is 14.4 Å². The van der Waals surface area contributed by atoms with Crippen LogP contribution in [0, 0.1) is 5.41 Å². The van der Waals surface area contributed by atoms with Gasteiger partial charge < -0.3 is 15.5 Å². The van der Waals surface area contributed by atoms with Gasteiger partial charge in [-0.05, 0) is 76.8 Å². The van der Waals surface area contributed by atoms with Crippen molar-refractivity contribution in [3.05, 3.63) is 69.2 Å². The van der Waals surface area contributed by atoms with Gasteiger partial charge in [-0.2, -0.15) is 0 Å². The fraction of sp³-hybridized carbons (Fsp3) is 0.500. The van der Waals surface area contributed by atoms with Crippen LogP contribution in [0.3, 0.4) is 0 Å². The van der Waals surface area contributed by atoms with E-state index in [-0.39, 0.29) is 18.5 Å². The standard InChI is InChI=1S/C30H39BrClN3O3/c1-29(2,3)34-27(37)30(4,5)28(38)35(19-21-11-9-10-14-24(21)32)25(20-15-17-22(31)18-16-20)26(36)33-23-12-7-6-8-13-23/h9-11,14-18,23,25H,6-8,12-13,19H2,1-5H3,(H,33,36)(H,34,37). The summed E-state index contributed by atoms with van der Waals surface area (Å²) in [7, 11) is 0. The maximum Gasteiger partial charge on any atom is 0.247 e. The predicted molar refractivity (Wildman–Crippen MR) is 156 cm³/mol. The molecule has 0 spiro atoms. The third-order valence-corrected chi connectivity index (χ3v) is 7.74. The highest BCUT2D eigenvalue weighted by Crippen LogP contribution is 2.33. The number of halogens is 2. The molecule has 1 fully saturated rings. The highest BCUT2D eigenvalue weighted by molar-refractivity contribution is 9.10. The quantitative estimate of drug-likeness (QED) is 0.335. The van der Waals surface area contributed by atoms with E-state index in [1.807, 2.05) is 63.2 Å². The molecular weight excluding hydrogens is 566 g/mol. The molecule has 2 N–H and O–H groups in total. The lowest BCUT2D eigenvalue weighted by molar-refractivity contribution is -0.154. The highest BCUT2D eigenvalue weighted by Gasteiger charge is 2.44. The Kier molecular flexibility index (Phi) is 10.0. The third-order valence-electron chi connectivity index (χ3n) is 6.85. The number of hydrogen-bond acceptors (Lipinski definition) is 3. The molecule has 8 heteroatoms. The molecular formula is C30H39BrClN3O3. The lowest BCUT2D eigenvalue weighted by Crippen LogP contribution is -2.56. The van der Waals surface area contributed by atoms with E-state index in [4.69, 9.17) is 11.6 Å². The minimum atomic E-state index is -1.44. The van der Waals surface area contributed by atoms with Crippen LogP contribution in [0.4, 0.5) is 0 Å². The number of amides is 3. The van der Waals surface area contributed by atoms with Crippen molar-refractivity contribution >= 4 is 45.3 Å². The lowest BCUT2D eigenvalue weighted by atomic mass is 9.87. The first-order valence-electron chi connectivity index (χ1n) is 13.2. The zero-order valence-corrected chi connectivity index (χ0v) is 25.3. The molecule has 1 unspecified atom stereocenters. The van der Waals surface area contributed by atoms with Crippen molar-refractivity contribution in [3.63, 3.8) is 0 Å². The van der Waals surface area contributed by atoms with E-state index in [2.05, 4.69) is 26.6 Å². The first-order valence-corrected chi connectivity index (χ1v) is 14.4. The van der Waals surface area contributed by atoms with Gasteiger partial charge >= 0.3 is 0 Å². The zero-order chi connectivity index (χ0) is 28.1. The van der Waals surface area contributed by atoms with Gasteiger partial charge in [0.1, 0.15) is 11.5 Å². The topological polar surface area (TPSA) is 78.5 Å². The maximum atomic E-state index is 14.3. The monoisotopic (exact) mass is 603 g/mol. The molecule has 0 bridgehead atoms. The molecule has 1 atom stereocenters. The van der Waals surface area contributed by atoms with Gasteiger partial charge in [0.05, 0.1) is 0 Å². The van der Waals surface area contributed by atoms with Crippen molar-refractivity contribution in [2.24, 2.45) is 5.41 Å². The number of rotatable bonds is 8. The van der Waals surface area contributed by atoms with Gasteiger partial charge in [0, 0.05) is 27.6 Å². The average Bonchev–Trinajstić information content (AvgIpc) is 2.85. The summed E-state index contributed by atoms with van der Waals surface area (Å²) in [6.07, 6.45) is 5.12. The molecule has 1 saturated carbocycles. The smallest absolute Gasteiger partial charge is 0.247 e. The van der Waals surface area contributed by atoms with Crippen molar-refractivity contribution < 1.29 is 14.4 Å². The Labute approximate surface area is 240 Å². The molecule has 2 aromatic carbocycles. The van der Waals surface area contributed by atoms with Crippen molar-refractivity contribution in [1.82, 2.24) is 15.5 Å². The van der Waals surface area contributed by atoms with E-state index >= 15 is 0 Å². The molecule has 1 aliphatic carbocycles. The lowest BCUT2D eigenvalue weighted by Gasteiger charge is -2.38. The van der Waals surface area contributed by atoms with E-state index in [1.54, 1.807) is 19.9 Å². The van der Waals surface area contributed by atoms with Crippen molar-refractivity contribution in [3.8, 4) is 0 Å². The van der Waals surface area contributed by atoms with Crippen molar-refractivity contribution in [2.45, 2.75) is 90.9 Å². The Morgan fingerprint density at radius 3 is 2.16 bits per heavy atom. The Morgan fingerprint density at radius 2 is 1.58 bits per heavy atom. The van der Waals surface area contributed by atoms with E-state index in [0.29, 0.717) is 16.1 Å². The second-order valence-electron chi connectivity index (χ2n) is 11.7. The number of carbonyl (C=O) groups excluding carboxylic acids is 3. The van der Waals surface area contributed by atoms with E-state index in [1.165, 1.54) is 4.90 Å². The molecule has 0 radical (unpaired) electrons. The van der Waals surface area contributed by atoms with Crippen LogP contribution in [0.5, 0.6) is 0 Å². The molecule has 0 aliphatic heterocycles. The number of benzene rings is 2. The molecule has 0 heterocycles. The molecule has 0 aromatic heterocycles. The van der Waals surface area contributed by atoms with Crippen LogP contribution in [0.1, 0.15) is 83.9 Å². The minimum absolute atomic E-state index is 0.0589. The van der Waals surface area contributed by atoms with Crippen LogP contribution in [-0.2, 0) is 20.9 Å². The van der Waals surface area contributed by atoms with Crippen molar-refractivity contribution in [2.75, 3.05) is 0 Å². The maximum absolute atomic E-state index is 14.3. The summed E-state index contributed by atoms with van der Waals surface area (Å²) in [5.74, 6) is -1.11. The summed E-state index contributed by atoms with van der Waals surface area (Å²) in [6, 6.07) is 13.8. The second-order valence-corrected chi connectivity index (χ2v) is 13.0. The summed E-state index contributed by atoms with van der Waals surface area (Å²) < 4.78 is 0.863. The van der Waals surface area contributed by atoms with Gasteiger partial charge in [0.15, 0.2) is 0 Å². The van der Waals surface area contributed by atoms with Gasteiger partial charge in [-0.1, -0.05) is 77.1 Å². The fourth-order valence-corrected chi connectivity index (χ4v) is 5.15. The Balaban J connectivity index is 2.09. The molecule has 3 rings (SSSR count). The summed E-state index contributed by atoms with van der Waals surface area (Å²) in [5.41, 5.74) is -0.602. The molecule has 206 valence electrons. The SMILES string of the molecule is CC(C)(C)NC(=O)C(C)(C)C(=O)N(Cc1ccccc1Cl)C(C(=O)NC1CCCCC1)c1ccc(Br)cc1. The molecule has 6 nitrogen and oxygen atoms in total. The fourth-order valence-electron chi connectivity index (χ4n) is 4.69. The van der Waals surface area contributed by atoms with Crippen LogP contribution in [0.15, 0.2) is 53.0 Å². The average molecular weight is 605 g/mol. The van der Waals surface area contributed by atoms with Crippen LogP contribution >= 0.6 is 27.5 Å². The highest BCUT2D eigenvalue weighted by atomic mass is 79.9. The second kappa shape index (κ2) is 12.6. The first-order chi connectivity index (χ1) is 17.8. The largest absolute Gasteiger partial charge is 0.351 e. The summed E-state index contributed by atoms with van der Waals surface area (Å²) in [4.78, 5) is 43.2. The zero-order valence-electron chi connectivity index (χ0n) is 22.9. The summed E-state index contributed by atoms with van der Waals surface area (Å²) >= 11 is 9.99. The van der Waals surface area contributed by atoms with Crippen LogP contribution in [-0.4, -0.2) is 34.2 Å². The number of hydrogen-bond donors (Lipinski definition) is 2. The van der Waals surface area contributed by atoms with Gasteiger partial charge in [0.2, 0.25) is 17.7 Å². The van der Waals surface area contributed by atoms with E-state index in [9.17, 15) is 14.4 Å². The van der Waals surface area contributed by atoms with Crippen LogP contribution in [0.25, 0.3) is 0 Å². The molecule has 3 amide bonds. The number of nitrogens with zero attached hydrogens (tertiary/aromatic N) is 1. The van der Waals surface area contributed by atoms with Crippen LogP contribution in [0.2, 0.25) is 5.02 Å². The van der Waals surface area contributed by atoms with E-state index < -0.39 is 28.8 Å². The summed E-state index contributed by atoms with van der Waals surface area (Å²) in [5, 5.41) is 6.63. The summed E-state index contributed by atoms with van der Waals surface area (Å²) in [6.45, 7) is 8.89. The van der Waals surface area contributed by atoms with Gasteiger partial charge in [-0.25, -0.2) is 0 Å². The van der Waals surface area contributed by atoms with E-state index in [0.717, 1.165) is 36.6 Å². The first kappa shape index (κ1) is 30.2. The Bertz CT molecular complexity index is 1140. The molecule has 38 heavy (non-hydrogen) atoms. The molecule has 1 aliphatic rings. The predicted octanol–water partition coefficient (Wildman–Crippen LogP) is 6.56. The van der Waals surface area contributed by atoms with Gasteiger partial charge in [0.25, 0.3) is 0 Å². The number of carbonyl (C=O) groups is 3.